The molecule has 56 valence electrons. The van der Waals surface area contributed by atoms with E-state index in [0.717, 1.165) is 0 Å². The zero-order valence-electron chi connectivity index (χ0n) is 5.96. The summed E-state index contributed by atoms with van der Waals surface area (Å²) >= 11 is 0. The molecule has 0 saturated carbocycles. The molecule has 0 saturated heterocycles. The van der Waals surface area contributed by atoms with Crippen molar-refractivity contribution < 1.29 is 9.53 Å². The normalized spacial score (nSPS) is 7.70. The van der Waals surface area contributed by atoms with Gasteiger partial charge in [0.25, 0.3) is 0 Å². The number of carbonyl (C=O) groups excluding carboxylic acids is 1. The van der Waals surface area contributed by atoms with Gasteiger partial charge < -0.3 is 10.5 Å². The van der Waals surface area contributed by atoms with E-state index in [-0.39, 0.29) is 0 Å². The van der Waals surface area contributed by atoms with Crippen molar-refractivity contribution in [2.75, 3.05) is 6.61 Å². The van der Waals surface area contributed by atoms with Gasteiger partial charge in [-0.05, 0) is 19.1 Å². The molecule has 1 amide bonds. The molecule has 0 rings (SSSR count). The van der Waals surface area contributed by atoms with E-state index < -0.39 is 6.09 Å². The predicted molar refractivity (Wildman–Crippen MR) is 38.5 cm³/mol. The third-order valence-corrected chi connectivity index (χ3v) is 0.791. The Morgan fingerprint density at radius 1 is 1.80 bits per heavy atom. The lowest BCUT2D eigenvalue weighted by molar-refractivity contribution is 0.159. The quantitative estimate of drug-likeness (QED) is 0.474. The molecule has 3 nitrogen and oxygen atoms in total. The summed E-state index contributed by atoms with van der Waals surface area (Å²) < 4.78 is 4.44. The van der Waals surface area contributed by atoms with Gasteiger partial charge in [0.1, 0.15) is 0 Å². The molecule has 0 fully saturated rings. The van der Waals surface area contributed by atoms with Crippen molar-refractivity contribution in [2.45, 2.75) is 13.3 Å². The maximum atomic E-state index is 9.99. The summed E-state index contributed by atoms with van der Waals surface area (Å²) in [6.45, 7) is 2.20. The van der Waals surface area contributed by atoms with Crippen molar-refractivity contribution in [1.29, 1.82) is 0 Å². The lowest BCUT2D eigenvalue weighted by Crippen LogP contribution is -2.13. The number of ether oxygens (including phenoxy) is 1. The Balaban J connectivity index is 3.21. The second-order valence-corrected chi connectivity index (χ2v) is 1.62. The van der Waals surface area contributed by atoms with Gasteiger partial charge in [0.15, 0.2) is 0 Å². The summed E-state index contributed by atoms with van der Waals surface area (Å²) in [5, 5.41) is 0. The highest BCUT2D eigenvalue weighted by atomic mass is 16.5. The van der Waals surface area contributed by atoms with Crippen molar-refractivity contribution >= 4 is 6.09 Å². The highest BCUT2D eigenvalue weighted by Crippen LogP contribution is 1.82. The Labute approximate surface area is 60.2 Å². The first-order valence-electron chi connectivity index (χ1n) is 3.05. The summed E-state index contributed by atoms with van der Waals surface area (Å²) in [5.41, 5.74) is 7.54. The summed E-state index contributed by atoms with van der Waals surface area (Å²) in [7, 11) is 0. The molecular weight excluding hydrogens is 130 g/mol. The van der Waals surface area contributed by atoms with Crippen molar-refractivity contribution in [3.63, 3.8) is 0 Å². The Kier molecular flexibility index (Phi) is 5.20. The molecule has 10 heavy (non-hydrogen) atoms. The lowest BCUT2D eigenvalue weighted by Gasteiger charge is -1.94. The molecule has 0 aliphatic rings. The minimum Gasteiger partial charge on any atom is -0.449 e. The fraction of sp³-hybridized carbons (Fsp3) is 0.429. The van der Waals surface area contributed by atoms with E-state index in [2.05, 4.69) is 10.5 Å². The second kappa shape index (κ2) is 5.92. The molecule has 0 unspecified atom stereocenters. The molecule has 0 aliphatic heterocycles. The molecule has 2 N–H and O–H groups in total. The number of hydrogen-bond acceptors (Lipinski definition) is 2. The van der Waals surface area contributed by atoms with Gasteiger partial charge in [-0.2, -0.15) is 0 Å². The number of amides is 1. The number of rotatable bonds is 3. The minimum atomic E-state index is -0.728. The van der Waals surface area contributed by atoms with Crippen LogP contribution in [-0.2, 0) is 4.74 Å². The van der Waals surface area contributed by atoms with Gasteiger partial charge in [-0.25, -0.2) is 4.79 Å². The molecule has 0 atom stereocenters. The maximum Gasteiger partial charge on any atom is 0.404 e. The zero-order valence-corrected chi connectivity index (χ0v) is 5.96. The van der Waals surface area contributed by atoms with E-state index in [0.29, 0.717) is 13.0 Å². The summed E-state index contributed by atoms with van der Waals surface area (Å²) in [5.74, 6) is 0. The van der Waals surface area contributed by atoms with Crippen molar-refractivity contribution in [1.82, 2.24) is 0 Å². The van der Waals surface area contributed by atoms with Crippen LogP contribution in [0.15, 0.2) is 17.9 Å². The van der Waals surface area contributed by atoms with Crippen LogP contribution in [0.25, 0.3) is 0 Å². The van der Waals surface area contributed by atoms with Crippen LogP contribution in [0.1, 0.15) is 13.3 Å². The Hall–Kier alpha value is -1.21. The average Bonchev–Trinajstić information content (AvgIpc) is 1.87. The molecule has 0 radical (unpaired) electrons. The van der Waals surface area contributed by atoms with Gasteiger partial charge in [0.05, 0.1) is 6.61 Å². The monoisotopic (exact) mass is 141 g/mol. The Bertz CT molecular complexity index is 157. The fourth-order valence-corrected chi connectivity index (χ4v) is 0.420. The first-order valence-corrected chi connectivity index (χ1v) is 3.05. The SMILES string of the molecule is CC=C=CCCOC(N)=O. The van der Waals surface area contributed by atoms with Crippen LogP contribution in [0, 0.1) is 0 Å². The average molecular weight is 141 g/mol. The highest BCUT2D eigenvalue weighted by Gasteiger charge is 1.88. The van der Waals surface area contributed by atoms with Gasteiger partial charge >= 0.3 is 6.09 Å². The van der Waals surface area contributed by atoms with Crippen LogP contribution in [0.2, 0.25) is 0 Å². The smallest absolute Gasteiger partial charge is 0.404 e. The minimum absolute atomic E-state index is 0.330. The van der Waals surface area contributed by atoms with E-state index in [1.807, 2.05) is 6.92 Å². The van der Waals surface area contributed by atoms with Crippen LogP contribution in [0.3, 0.4) is 0 Å². The van der Waals surface area contributed by atoms with Crippen molar-refractivity contribution in [3.05, 3.63) is 17.9 Å². The van der Waals surface area contributed by atoms with Crippen LogP contribution in [0.4, 0.5) is 4.79 Å². The maximum absolute atomic E-state index is 9.99. The van der Waals surface area contributed by atoms with Crippen LogP contribution in [0.5, 0.6) is 0 Å². The van der Waals surface area contributed by atoms with Gasteiger partial charge in [0.2, 0.25) is 0 Å². The second-order valence-electron chi connectivity index (χ2n) is 1.62. The predicted octanol–water partition coefficient (Wildman–Crippen LogP) is 1.20. The van der Waals surface area contributed by atoms with Gasteiger partial charge in [-0.1, -0.05) is 0 Å². The highest BCUT2D eigenvalue weighted by molar-refractivity contribution is 5.64. The standard InChI is InChI=1S/C7H11NO2/c1-2-3-4-5-6-10-7(8)9/h2,4H,5-6H2,1H3,(H2,8,9). The lowest BCUT2D eigenvalue weighted by atomic mass is 10.4. The van der Waals surface area contributed by atoms with Crippen molar-refractivity contribution in [2.24, 2.45) is 5.73 Å². The molecule has 0 spiro atoms. The number of nitrogens with two attached hydrogens (primary N) is 1. The molecular formula is C7H11NO2. The molecule has 0 aromatic heterocycles. The first kappa shape index (κ1) is 8.79. The largest absolute Gasteiger partial charge is 0.449 e. The van der Waals surface area contributed by atoms with Crippen LogP contribution in [-0.4, -0.2) is 12.7 Å². The first-order chi connectivity index (χ1) is 4.77. The molecule has 0 bridgehead atoms. The Morgan fingerprint density at radius 2 is 2.50 bits per heavy atom. The summed E-state index contributed by atoms with van der Waals surface area (Å²) in [6, 6.07) is 0. The molecule has 0 aromatic carbocycles. The summed E-state index contributed by atoms with van der Waals surface area (Å²) in [4.78, 5) is 9.99. The third kappa shape index (κ3) is 6.79. The molecule has 0 heterocycles. The molecule has 0 aromatic rings. The van der Waals surface area contributed by atoms with E-state index in [4.69, 9.17) is 5.73 Å². The third-order valence-electron chi connectivity index (χ3n) is 0.791. The van der Waals surface area contributed by atoms with Gasteiger partial charge in [-0.3, -0.25) is 0 Å². The number of carbonyl (C=O) groups is 1. The Morgan fingerprint density at radius 3 is 3.00 bits per heavy atom. The molecule has 0 aliphatic carbocycles. The van der Waals surface area contributed by atoms with E-state index in [9.17, 15) is 4.79 Å². The van der Waals surface area contributed by atoms with Crippen LogP contribution < -0.4 is 5.73 Å². The fourth-order valence-electron chi connectivity index (χ4n) is 0.420. The van der Waals surface area contributed by atoms with Gasteiger partial charge in [-0.15, -0.1) is 5.73 Å². The molecule has 3 heteroatoms. The number of hydrogen-bond donors (Lipinski definition) is 1. The summed E-state index contributed by atoms with van der Waals surface area (Å²) in [6.07, 6.45) is 3.49. The van der Waals surface area contributed by atoms with E-state index >= 15 is 0 Å². The van der Waals surface area contributed by atoms with Crippen molar-refractivity contribution in [3.8, 4) is 0 Å². The van der Waals surface area contributed by atoms with Crippen LogP contribution >= 0.6 is 0 Å². The number of primary amides is 1. The van der Waals surface area contributed by atoms with Gasteiger partial charge in [0, 0.05) is 6.42 Å². The van der Waals surface area contributed by atoms with E-state index in [1.54, 1.807) is 12.2 Å². The van der Waals surface area contributed by atoms with E-state index in [1.165, 1.54) is 0 Å². The zero-order chi connectivity index (χ0) is 7.82. The topological polar surface area (TPSA) is 52.3 Å².